The number of aromatic nitrogens is 1. The summed E-state index contributed by atoms with van der Waals surface area (Å²) in [7, 11) is 3.09. The molecule has 1 amide bonds. The smallest absolute Gasteiger partial charge is 0.259 e. The molecular weight excluding hydrogens is 600 g/mol. The molecule has 4 rings (SSSR count). The number of carbonyl (C=O) groups excluding carboxylic acids is 1. The Morgan fingerprint density at radius 2 is 1.76 bits per heavy atom. The predicted molar refractivity (Wildman–Crippen MR) is 154 cm³/mol. The second kappa shape index (κ2) is 11.7. The molecule has 0 atom stereocenters. The van der Waals surface area contributed by atoms with Crippen LogP contribution in [0.1, 0.15) is 27.0 Å². The Kier molecular flexibility index (Phi) is 8.35. The van der Waals surface area contributed by atoms with Gasteiger partial charge in [0.2, 0.25) is 0 Å². The molecular formula is C29H27FIN3O4. The van der Waals surface area contributed by atoms with E-state index in [0.717, 1.165) is 16.7 Å². The SMILES string of the molecule is COc1ccc(CNC(=O)c2c(Oc3cccc(C)c3C)cc(=O)n(C)c2Nc2ccc(I)cc2F)cc1. The Morgan fingerprint density at radius 3 is 2.45 bits per heavy atom. The number of anilines is 2. The maximum atomic E-state index is 14.8. The van der Waals surface area contributed by atoms with Crippen LogP contribution in [0.15, 0.2) is 71.5 Å². The van der Waals surface area contributed by atoms with Crippen molar-refractivity contribution in [2.45, 2.75) is 20.4 Å². The van der Waals surface area contributed by atoms with Gasteiger partial charge in [0.25, 0.3) is 11.5 Å². The van der Waals surface area contributed by atoms with E-state index in [1.165, 1.54) is 23.7 Å². The number of hydrogen-bond donors (Lipinski definition) is 2. The van der Waals surface area contributed by atoms with Gasteiger partial charge in [0.1, 0.15) is 34.4 Å². The highest BCUT2D eigenvalue weighted by atomic mass is 127. The van der Waals surface area contributed by atoms with Crippen molar-refractivity contribution >= 4 is 40.0 Å². The quantitative estimate of drug-likeness (QED) is 0.227. The Labute approximate surface area is 233 Å². The minimum atomic E-state index is -0.519. The lowest BCUT2D eigenvalue weighted by molar-refractivity contribution is 0.0948. The van der Waals surface area contributed by atoms with Crippen LogP contribution < -0.4 is 25.7 Å². The highest BCUT2D eigenvalue weighted by Gasteiger charge is 2.24. The highest BCUT2D eigenvalue weighted by Crippen LogP contribution is 2.33. The first-order valence-electron chi connectivity index (χ1n) is 11.8. The zero-order chi connectivity index (χ0) is 27.4. The van der Waals surface area contributed by atoms with Gasteiger partial charge in [-0.05, 0) is 89.5 Å². The van der Waals surface area contributed by atoms with Crippen molar-refractivity contribution in [3.63, 3.8) is 0 Å². The Hall–Kier alpha value is -3.86. The first kappa shape index (κ1) is 27.2. The molecule has 1 heterocycles. The zero-order valence-electron chi connectivity index (χ0n) is 21.4. The Balaban J connectivity index is 1.79. The molecule has 9 heteroatoms. The van der Waals surface area contributed by atoms with Crippen LogP contribution in [0.25, 0.3) is 0 Å². The summed E-state index contributed by atoms with van der Waals surface area (Å²) in [6.07, 6.45) is 0. The molecule has 0 aliphatic rings. The second-order valence-electron chi connectivity index (χ2n) is 8.71. The molecule has 0 saturated heterocycles. The van der Waals surface area contributed by atoms with E-state index in [2.05, 4.69) is 10.6 Å². The molecule has 0 unspecified atom stereocenters. The number of halogens is 2. The van der Waals surface area contributed by atoms with Crippen molar-refractivity contribution in [2.24, 2.45) is 7.05 Å². The number of aryl methyl sites for hydroxylation is 1. The summed E-state index contributed by atoms with van der Waals surface area (Å²) < 4.78 is 28.1. The Morgan fingerprint density at radius 1 is 1.03 bits per heavy atom. The number of carbonyl (C=O) groups is 1. The summed E-state index contributed by atoms with van der Waals surface area (Å²) in [4.78, 5) is 26.6. The van der Waals surface area contributed by atoms with Crippen molar-refractivity contribution in [3.8, 4) is 17.2 Å². The van der Waals surface area contributed by atoms with Crippen LogP contribution in [0.5, 0.6) is 17.2 Å². The third-order valence-corrected chi connectivity index (χ3v) is 6.87. The normalized spacial score (nSPS) is 10.7. The highest BCUT2D eigenvalue weighted by molar-refractivity contribution is 14.1. The lowest BCUT2D eigenvalue weighted by Crippen LogP contribution is -2.29. The van der Waals surface area contributed by atoms with Gasteiger partial charge in [-0.3, -0.25) is 14.2 Å². The number of nitrogens with zero attached hydrogens (tertiary/aromatic N) is 1. The first-order chi connectivity index (χ1) is 18.2. The third-order valence-electron chi connectivity index (χ3n) is 6.20. The van der Waals surface area contributed by atoms with Crippen molar-refractivity contribution in [2.75, 3.05) is 12.4 Å². The van der Waals surface area contributed by atoms with E-state index in [0.29, 0.717) is 15.1 Å². The molecule has 0 aliphatic carbocycles. The number of methoxy groups -OCH3 is 1. The van der Waals surface area contributed by atoms with E-state index < -0.39 is 17.3 Å². The van der Waals surface area contributed by atoms with Gasteiger partial charge in [0.05, 0.1) is 12.8 Å². The second-order valence-corrected chi connectivity index (χ2v) is 9.96. The maximum Gasteiger partial charge on any atom is 0.259 e. The molecule has 38 heavy (non-hydrogen) atoms. The molecule has 1 aromatic heterocycles. The standard InChI is InChI=1S/C29H27FIN3O4/c1-17-6-5-7-24(18(17)2)38-25-15-26(35)34(3)28(33-23-13-10-20(31)14-22(23)30)27(25)29(36)32-16-19-8-11-21(37-4)12-9-19/h5-15,33H,16H2,1-4H3,(H,32,36). The molecule has 196 valence electrons. The molecule has 2 N–H and O–H groups in total. The minimum Gasteiger partial charge on any atom is -0.497 e. The van der Waals surface area contributed by atoms with Crippen LogP contribution in [-0.4, -0.2) is 17.6 Å². The number of nitrogens with one attached hydrogen (secondary N) is 2. The van der Waals surface area contributed by atoms with Crippen LogP contribution in [0, 0.1) is 23.2 Å². The summed E-state index contributed by atoms with van der Waals surface area (Å²) in [6.45, 7) is 4.06. The van der Waals surface area contributed by atoms with Crippen LogP contribution in [0.3, 0.4) is 0 Å². The van der Waals surface area contributed by atoms with Crippen molar-refractivity contribution in [3.05, 3.63) is 109 Å². The van der Waals surface area contributed by atoms with E-state index in [1.54, 1.807) is 37.4 Å². The van der Waals surface area contributed by atoms with Crippen LogP contribution in [-0.2, 0) is 13.6 Å². The van der Waals surface area contributed by atoms with Crippen molar-refractivity contribution < 1.29 is 18.7 Å². The number of ether oxygens (including phenoxy) is 2. The molecule has 0 radical (unpaired) electrons. The van der Waals surface area contributed by atoms with Gasteiger partial charge < -0.3 is 20.1 Å². The van der Waals surface area contributed by atoms with Crippen LogP contribution >= 0.6 is 22.6 Å². The van der Waals surface area contributed by atoms with E-state index in [1.807, 2.05) is 60.7 Å². The average Bonchev–Trinajstić information content (AvgIpc) is 2.90. The van der Waals surface area contributed by atoms with Gasteiger partial charge in [-0.1, -0.05) is 24.3 Å². The number of pyridine rings is 1. The van der Waals surface area contributed by atoms with E-state index in [4.69, 9.17) is 9.47 Å². The van der Waals surface area contributed by atoms with Crippen molar-refractivity contribution in [1.29, 1.82) is 0 Å². The molecule has 4 aromatic rings. The fourth-order valence-corrected chi connectivity index (χ4v) is 4.26. The lowest BCUT2D eigenvalue weighted by Gasteiger charge is -2.20. The molecule has 0 aliphatic heterocycles. The molecule has 0 bridgehead atoms. The minimum absolute atomic E-state index is 0.0578. The summed E-state index contributed by atoms with van der Waals surface area (Å²) in [6, 6.07) is 18.7. The van der Waals surface area contributed by atoms with Gasteiger partial charge >= 0.3 is 0 Å². The number of amides is 1. The number of rotatable bonds is 8. The lowest BCUT2D eigenvalue weighted by atomic mass is 10.1. The van der Waals surface area contributed by atoms with Gasteiger partial charge in [-0.2, -0.15) is 0 Å². The molecule has 3 aromatic carbocycles. The topological polar surface area (TPSA) is 81.6 Å². The fourth-order valence-electron chi connectivity index (χ4n) is 3.81. The van der Waals surface area contributed by atoms with Gasteiger partial charge in [-0.25, -0.2) is 4.39 Å². The largest absolute Gasteiger partial charge is 0.497 e. The molecule has 0 saturated carbocycles. The molecule has 0 fully saturated rings. The predicted octanol–water partition coefficient (Wildman–Crippen LogP) is 6.22. The maximum absolute atomic E-state index is 14.8. The Bertz CT molecular complexity index is 1550. The van der Waals surface area contributed by atoms with Crippen LogP contribution in [0.2, 0.25) is 0 Å². The average molecular weight is 627 g/mol. The molecule has 0 spiro atoms. The van der Waals surface area contributed by atoms with Gasteiger partial charge in [0, 0.05) is 23.2 Å². The zero-order valence-corrected chi connectivity index (χ0v) is 23.6. The number of benzene rings is 3. The summed E-state index contributed by atoms with van der Waals surface area (Å²) >= 11 is 2.01. The van der Waals surface area contributed by atoms with Crippen molar-refractivity contribution in [1.82, 2.24) is 9.88 Å². The van der Waals surface area contributed by atoms with Gasteiger partial charge in [-0.15, -0.1) is 0 Å². The third kappa shape index (κ3) is 5.99. The van der Waals surface area contributed by atoms with E-state index in [9.17, 15) is 14.0 Å². The summed E-state index contributed by atoms with van der Waals surface area (Å²) in [5.74, 6) is 0.356. The van der Waals surface area contributed by atoms with E-state index in [-0.39, 0.29) is 29.4 Å². The summed E-state index contributed by atoms with van der Waals surface area (Å²) in [5.41, 5.74) is 2.48. The number of hydrogen-bond acceptors (Lipinski definition) is 5. The van der Waals surface area contributed by atoms with E-state index >= 15 is 0 Å². The fraction of sp³-hybridized carbons (Fsp3) is 0.172. The molecule has 7 nitrogen and oxygen atoms in total. The monoisotopic (exact) mass is 627 g/mol. The summed E-state index contributed by atoms with van der Waals surface area (Å²) in [5, 5.41) is 5.84. The first-order valence-corrected chi connectivity index (χ1v) is 12.9. The van der Waals surface area contributed by atoms with Gasteiger partial charge in [0.15, 0.2) is 0 Å². The van der Waals surface area contributed by atoms with Crippen LogP contribution in [0.4, 0.5) is 15.9 Å².